The third-order valence-corrected chi connectivity index (χ3v) is 4.91. The number of fused-ring (bicyclic) bond motifs is 1. The van der Waals surface area contributed by atoms with Crippen LogP contribution in [0.2, 0.25) is 0 Å². The van der Waals surface area contributed by atoms with Crippen LogP contribution >= 0.6 is 23.1 Å². The quantitative estimate of drug-likeness (QED) is 0.435. The van der Waals surface area contributed by atoms with Gasteiger partial charge in [0.15, 0.2) is 4.34 Å². The molecule has 21 heavy (non-hydrogen) atoms. The van der Waals surface area contributed by atoms with E-state index in [0.717, 1.165) is 26.0 Å². The average Bonchev–Trinajstić information content (AvgIpc) is 2.87. The zero-order chi connectivity index (χ0) is 14.7. The number of rotatable bonds is 5. The second kappa shape index (κ2) is 6.32. The first kappa shape index (κ1) is 14.2. The van der Waals surface area contributed by atoms with E-state index < -0.39 is 0 Å². The van der Waals surface area contributed by atoms with Gasteiger partial charge in [0, 0.05) is 11.4 Å². The smallest absolute Gasteiger partial charge is 0.151 e. The van der Waals surface area contributed by atoms with Crippen LogP contribution in [0.25, 0.3) is 10.2 Å². The Morgan fingerprint density at radius 1 is 1.19 bits per heavy atom. The van der Waals surface area contributed by atoms with Gasteiger partial charge in [-0.1, -0.05) is 11.8 Å². The number of aromatic nitrogens is 1. The Morgan fingerprint density at radius 3 is 2.81 bits per heavy atom. The van der Waals surface area contributed by atoms with Gasteiger partial charge in [-0.25, -0.2) is 9.37 Å². The molecule has 0 aliphatic carbocycles. The van der Waals surface area contributed by atoms with Crippen LogP contribution in [0.5, 0.6) is 5.75 Å². The van der Waals surface area contributed by atoms with Crippen LogP contribution in [0, 0.1) is 5.82 Å². The first-order chi connectivity index (χ1) is 10.2. The van der Waals surface area contributed by atoms with Crippen LogP contribution in [-0.4, -0.2) is 17.3 Å². The van der Waals surface area contributed by atoms with Gasteiger partial charge in [-0.05, 0) is 42.5 Å². The molecule has 0 saturated carbocycles. The van der Waals surface area contributed by atoms with Crippen molar-refractivity contribution in [2.75, 3.05) is 18.1 Å². The number of anilines is 1. The summed E-state index contributed by atoms with van der Waals surface area (Å²) in [6.07, 6.45) is 0. The second-order valence-corrected chi connectivity index (χ2v) is 6.73. The first-order valence-electron chi connectivity index (χ1n) is 6.38. The minimum atomic E-state index is -0.259. The third-order valence-electron chi connectivity index (χ3n) is 2.78. The van der Waals surface area contributed by atoms with Gasteiger partial charge < -0.3 is 10.5 Å². The van der Waals surface area contributed by atoms with E-state index in [-0.39, 0.29) is 5.82 Å². The minimum Gasteiger partial charge on any atom is -0.493 e. The lowest BCUT2D eigenvalue weighted by molar-refractivity contribution is 0.343. The monoisotopic (exact) mass is 320 g/mol. The lowest BCUT2D eigenvalue weighted by Crippen LogP contribution is -1.99. The predicted octanol–water partition coefficient (Wildman–Crippen LogP) is 4.19. The van der Waals surface area contributed by atoms with Crippen molar-refractivity contribution in [3.63, 3.8) is 0 Å². The van der Waals surface area contributed by atoms with E-state index in [9.17, 15) is 4.39 Å². The maximum absolute atomic E-state index is 12.8. The lowest BCUT2D eigenvalue weighted by atomic mass is 10.3. The van der Waals surface area contributed by atoms with E-state index in [4.69, 9.17) is 10.5 Å². The summed E-state index contributed by atoms with van der Waals surface area (Å²) in [6.45, 7) is 0.550. The van der Waals surface area contributed by atoms with Crippen molar-refractivity contribution < 1.29 is 9.13 Å². The van der Waals surface area contributed by atoms with Gasteiger partial charge in [-0.2, -0.15) is 0 Å². The van der Waals surface area contributed by atoms with E-state index in [2.05, 4.69) is 4.98 Å². The van der Waals surface area contributed by atoms with Crippen LogP contribution in [0.4, 0.5) is 10.1 Å². The molecule has 2 N–H and O–H groups in total. The summed E-state index contributed by atoms with van der Waals surface area (Å²) in [5.74, 6) is 1.20. The molecule has 0 spiro atoms. The van der Waals surface area contributed by atoms with Crippen molar-refractivity contribution >= 4 is 39.0 Å². The fraction of sp³-hybridized carbons (Fsp3) is 0.133. The van der Waals surface area contributed by atoms with Crippen molar-refractivity contribution in [2.24, 2.45) is 0 Å². The van der Waals surface area contributed by atoms with Gasteiger partial charge in [-0.3, -0.25) is 0 Å². The van der Waals surface area contributed by atoms with Gasteiger partial charge in [0.25, 0.3) is 0 Å². The molecule has 108 valence electrons. The molecule has 0 amide bonds. The maximum Gasteiger partial charge on any atom is 0.151 e. The average molecular weight is 320 g/mol. The van der Waals surface area contributed by atoms with Crippen LogP contribution in [0.1, 0.15) is 0 Å². The molecular weight excluding hydrogens is 307 g/mol. The summed E-state index contributed by atoms with van der Waals surface area (Å²) in [5.41, 5.74) is 7.48. The lowest BCUT2D eigenvalue weighted by Gasteiger charge is -2.04. The molecule has 6 heteroatoms. The number of nitrogen functional groups attached to an aromatic ring is 1. The van der Waals surface area contributed by atoms with E-state index >= 15 is 0 Å². The van der Waals surface area contributed by atoms with Gasteiger partial charge in [0.05, 0.1) is 16.8 Å². The van der Waals surface area contributed by atoms with Crippen LogP contribution < -0.4 is 10.5 Å². The molecule has 0 saturated heterocycles. The standard InChI is InChI=1S/C15H13FN2OS2/c16-10-1-4-12(5-2-10)19-7-8-20-15-18-13-6-3-11(17)9-14(13)21-15/h1-6,9H,7-8,17H2. The molecule has 3 aromatic rings. The summed E-state index contributed by atoms with van der Waals surface area (Å²) in [6, 6.07) is 11.8. The topological polar surface area (TPSA) is 48.1 Å². The Morgan fingerprint density at radius 2 is 2.00 bits per heavy atom. The molecule has 0 aliphatic heterocycles. The zero-order valence-electron chi connectivity index (χ0n) is 11.1. The first-order valence-corrected chi connectivity index (χ1v) is 8.18. The van der Waals surface area contributed by atoms with Gasteiger partial charge in [-0.15, -0.1) is 11.3 Å². The molecule has 0 radical (unpaired) electrons. The molecule has 0 unspecified atom stereocenters. The SMILES string of the molecule is Nc1ccc2nc(SCCOc3ccc(F)cc3)sc2c1. The summed E-state index contributed by atoms with van der Waals surface area (Å²) in [5, 5.41) is 0. The van der Waals surface area contributed by atoms with Gasteiger partial charge in [0.2, 0.25) is 0 Å². The molecule has 1 aromatic heterocycles. The molecule has 0 atom stereocenters. The number of halogens is 1. The Bertz CT molecular complexity index is 743. The predicted molar refractivity (Wildman–Crippen MR) is 86.7 cm³/mol. The molecule has 3 nitrogen and oxygen atoms in total. The normalized spacial score (nSPS) is 10.9. The molecule has 0 bridgehead atoms. The molecule has 0 aliphatic rings. The van der Waals surface area contributed by atoms with Crippen LogP contribution in [0.15, 0.2) is 46.8 Å². The van der Waals surface area contributed by atoms with Gasteiger partial charge in [0.1, 0.15) is 11.6 Å². The van der Waals surface area contributed by atoms with Crippen molar-refractivity contribution in [1.29, 1.82) is 0 Å². The number of hydrogen-bond donors (Lipinski definition) is 1. The van der Waals surface area contributed by atoms with Crippen molar-refractivity contribution in [3.8, 4) is 5.75 Å². The number of hydrogen-bond acceptors (Lipinski definition) is 5. The summed E-state index contributed by atoms with van der Waals surface area (Å²) >= 11 is 3.27. The Hall–Kier alpha value is -1.79. The van der Waals surface area contributed by atoms with Crippen LogP contribution in [0.3, 0.4) is 0 Å². The van der Waals surface area contributed by atoms with E-state index in [1.54, 1.807) is 35.2 Å². The van der Waals surface area contributed by atoms with Crippen molar-refractivity contribution in [1.82, 2.24) is 4.98 Å². The Balaban J connectivity index is 1.53. The molecule has 2 aromatic carbocycles. The Kier molecular flexibility index (Phi) is 4.26. The molecule has 0 fully saturated rings. The summed E-state index contributed by atoms with van der Waals surface area (Å²) < 4.78 is 20.4. The Labute approximate surface area is 130 Å². The fourth-order valence-electron chi connectivity index (χ4n) is 1.80. The van der Waals surface area contributed by atoms with E-state index in [1.807, 2.05) is 18.2 Å². The third kappa shape index (κ3) is 3.65. The molecule has 3 rings (SSSR count). The fourth-order valence-corrected chi connectivity index (χ4v) is 3.81. The number of ether oxygens (including phenoxy) is 1. The number of nitrogens with two attached hydrogens (primary N) is 1. The van der Waals surface area contributed by atoms with E-state index in [1.165, 1.54) is 12.1 Å². The van der Waals surface area contributed by atoms with Crippen molar-refractivity contribution in [2.45, 2.75) is 4.34 Å². The highest BCUT2D eigenvalue weighted by Crippen LogP contribution is 2.30. The number of nitrogens with zero attached hydrogens (tertiary/aromatic N) is 1. The van der Waals surface area contributed by atoms with Crippen LogP contribution in [-0.2, 0) is 0 Å². The number of benzene rings is 2. The van der Waals surface area contributed by atoms with Crippen molar-refractivity contribution in [3.05, 3.63) is 48.3 Å². The summed E-state index contributed by atoms with van der Waals surface area (Å²) in [7, 11) is 0. The highest BCUT2D eigenvalue weighted by atomic mass is 32.2. The molecule has 1 heterocycles. The number of thiazole rings is 1. The second-order valence-electron chi connectivity index (χ2n) is 4.36. The largest absolute Gasteiger partial charge is 0.493 e. The number of thioether (sulfide) groups is 1. The van der Waals surface area contributed by atoms with E-state index in [0.29, 0.717) is 12.4 Å². The highest BCUT2D eigenvalue weighted by molar-refractivity contribution is 8.01. The van der Waals surface area contributed by atoms with Gasteiger partial charge >= 0.3 is 0 Å². The zero-order valence-corrected chi connectivity index (χ0v) is 12.7. The minimum absolute atomic E-state index is 0.259. The maximum atomic E-state index is 12.8. The highest BCUT2D eigenvalue weighted by Gasteiger charge is 2.05. The molecular formula is C15H13FN2OS2. The summed E-state index contributed by atoms with van der Waals surface area (Å²) in [4.78, 5) is 4.53.